The maximum atomic E-state index is 11.5. The van der Waals surface area contributed by atoms with Gasteiger partial charge in [0, 0.05) is 11.8 Å². The third kappa shape index (κ3) is 1.36. The molecule has 0 aromatic rings. The Balaban J connectivity index is 2.06. The maximum absolute atomic E-state index is 11.5. The van der Waals surface area contributed by atoms with Crippen LogP contribution in [0.1, 0.15) is 25.7 Å². The van der Waals surface area contributed by atoms with Crippen molar-refractivity contribution in [2.75, 3.05) is 7.11 Å². The first kappa shape index (κ1) is 8.73. The lowest BCUT2D eigenvalue weighted by molar-refractivity contribution is -0.148. The van der Waals surface area contributed by atoms with Gasteiger partial charge in [-0.2, -0.15) is 0 Å². The zero-order chi connectivity index (χ0) is 9.42. The minimum absolute atomic E-state index is 0.0137. The molecule has 3 nitrogen and oxygen atoms in total. The number of carbonyl (C=O) groups is 2. The van der Waals surface area contributed by atoms with Gasteiger partial charge in [-0.3, -0.25) is 9.59 Å². The van der Waals surface area contributed by atoms with E-state index in [9.17, 15) is 9.59 Å². The predicted molar refractivity (Wildman–Crippen MR) is 46.0 cm³/mol. The Morgan fingerprint density at radius 3 is 2.31 bits per heavy atom. The van der Waals surface area contributed by atoms with Crippen LogP contribution in [-0.2, 0) is 14.3 Å². The first-order valence-corrected chi connectivity index (χ1v) is 4.84. The molecule has 2 rings (SSSR count). The zero-order valence-corrected chi connectivity index (χ0v) is 7.79. The summed E-state index contributed by atoms with van der Waals surface area (Å²) in [6.45, 7) is 0. The Hall–Kier alpha value is -0.860. The van der Waals surface area contributed by atoms with E-state index in [1.807, 2.05) is 0 Å². The van der Waals surface area contributed by atoms with Crippen molar-refractivity contribution in [2.45, 2.75) is 25.7 Å². The Morgan fingerprint density at radius 1 is 1.31 bits per heavy atom. The third-order valence-electron chi connectivity index (χ3n) is 3.34. The van der Waals surface area contributed by atoms with E-state index >= 15 is 0 Å². The molecule has 2 fully saturated rings. The molecule has 0 radical (unpaired) electrons. The molecule has 0 spiro atoms. The molecule has 2 aliphatic carbocycles. The highest BCUT2D eigenvalue weighted by atomic mass is 16.5. The van der Waals surface area contributed by atoms with Gasteiger partial charge in [0.15, 0.2) is 0 Å². The van der Waals surface area contributed by atoms with Gasteiger partial charge in [-0.15, -0.1) is 0 Å². The van der Waals surface area contributed by atoms with Crippen LogP contribution in [0.3, 0.4) is 0 Å². The van der Waals surface area contributed by atoms with Crippen LogP contribution < -0.4 is 0 Å². The average Bonchev–Trinajstić information content (AvgIpc) is 2.42. The number of ketones is 1. The smallest absolute Gasteiger partial charge is 0.308 e. The lowest BCUT2D eigenvalue weighted by Crippen LogP contribution is -2.30. The molecule has 0 aliphatic heterocycles. The van der Waals surface area contributed by atoms with E-state index in [4.69, 9.17) is 4.74 Å². The summed E-state index contributed by atoms with van der Waals surface area (Å²) in [5, 5.41) is 0. The summed E-state index contributed by atoms with van der Waals surface area (Å²) in [6.07, 6.45) is 3.41. The molecule has 2 saturated carbocycles. The van der Waals surface area contributed by atoms with Gasteiger partial charge in [0.25, 0.3) is 0 Å². The van der Waals surface area contributed by atoms with Crippen LogP contribution in [0.2, 0.25) is 0 Å². The number of Topliss-reactive ketones (excluding diaryl/α,β-unsaturated/α-hetero) is 1. The molecule has 0 amide bonds. The Kier molecular flexibility index (Phi) is 2.10. The van der Waals surface area contributed by atoms with Gasteiger partial charge in [0.1, 0.15) is 5.78 Å². The van der Waals surface area contributed by atoms with Crippen LogP contribution in [-0.4, -0.2) is 18.9 Å². The second kappa shape index (κ2) is 3.13. The summed E-state index contributed by atoms with van der Waals surface area (Å²) in [4.78, 5) is 22.8. The van der Waals surface area contributed by atoms with E-state index < -0.39 is 0 Å². The molecule has 72 valence electrons. The molecule has 0 N–H and O–H groups in total. The van der Waals surface area contributed by atoms with Crippen molar-refractivity contribution in [2.24, 2.45) is 17.8 Å². The molecule has 2 aliphatic rings. The number of carbonyl (C=O) groups excluding carboxylic acids is 2. The highest BCUT2D eigenvalue weighted by Gasteiger charge is 2.43. The van der Waals surface area contributed by atoms with Crippen molar-refractivity contribution >= 4 is 11.8 Å². The van der Waals surface area contributed by atoms with Crippen molar-refractivity contribution in [1.29, 1.82) is 0 Å². The standard InChI is InChI=1S/C10H14O3/c1-13-10(12)8-4-6-2-3-7(5-8)9(6)11/h6-8H,2-5H2,1H3. The molecule has 3 heteroatoms. The number of hydrogen-bond acceptors (Lipinski definition) is 3. The molecule has 0 heterocycles. The van der Waals surface area contributed by atoms with Crippen LogP contribution in [0.4, 0.5) is 0 Å². The Morgan fingerprint density at radius 2 is 1.85 bits per heavy atom. The van der Waals surface area contributed by atoms with Crippen LogP contribution in [0, 0.1) is 17.8 Å². The van der Waals surface area contributed by atoms with Gasteiger partial charge in [-0.05, 0) is 25.7 Å². The molecule has 0 aromatic heterocycles. The fourth-order valence-corrected chi connectivity index (χ4v) is 2.63. The van der Waals surface area contributed by atoms with Crippen molar-refractivity contribution in [3.8, 4) is 0 Å². The van der Waals surface area contributed by atoms with Crippen LogP contribution in [0.15, 0.2) is 0 Å². The quantitative estimate of drug-likeness (QED) is 0.571. The molecule has 2 unspecified atom stereocenters. The largest absolute Gasteiger partial charge is 0.469 e. The van der Waals surface area contributed by atoms with Crippen LogP contribution >= 0.6 is 0 Å². The molecule has 13 heavy (non-hydrogen) atoms. The number of esters is 1. The van der Waals surface area contributed by atoms with Crippen LogP contribution in [0.25, 0.3) is 0 Å². The van der Waals surface area contributed by atoms with E-state index in [0.29, 0.717) is 5.78 Å². The second-order valence-corrected chi connectivity index (χ2v) is 4.07. The average molecular weight is 182 g/mol. The van der Waals surface area contributed by atoms with Gasteiger partial charge >= 0.3 is 5.97 Å². The van der Waals surface area contributed by atoms with E-state index in [-0.39, 0.29) is 23.7 Å². The first-order chi connectivity index (χ1) is 6.22. The van der Waals surface area contributed by atoms with Gasteiger partial charge in [-0.1, -0.05) is 0 Å². The summed E-state index contributed by atoms with van der Waals surface area (Å²) < 4.78 is 4.70. The summed E-state index contributed by atoms with van der Waals surface area (Å²) >= 11 is 0. The second-order valence-electron chi connectivity index (χ2n) is 4.07. The number of methoxy groups -OCH3 is 1. The molecule has 0 saturated heterocycles. The van der Waals surface area contributed by atoms with Crippen molar-refractivity contribution in [1.82, 2.24) is 0 Å². The SMILES string of the molecule is COC(=O)C1CC2CCC(C1)C2=O. The van der Waals surface area contributed by atoms with E-state index in [1.54, 1.807) is 0 Å². The fourth-order valence-electron chi connectivity index (χ4n) is 2.63. The van der Waals surface area contributed by atoms with Crippen LogP contribution in [0.5, 0.6) is 0 Å². The first-order valence-electron chi connectivity index (χ1n) is 4.84. The van der Waals surface area contributed by atoms with Gasteiger partial charge < -0.3 is 4.74 Å². The Bertz CT molecular complexity index is 231. The van der Waals surface area contributed by atoms with Gasteiger partial charge in [0.05, 0.1) is 13.0 Å². The summed E-state index contributed by atoms with van der Waals surface area (Å²) in [7, 11) is 1.42. The number of fused-ring (bicyclic) bond motifs is 2. The van der Waals surface area contributed by atoms with E-state index in [0.717, 1.165) is 25.7 Å². The summed E-state index contributed by atoms with van der Waals surface area (Å²) in [6, 6.07) is 0. The predicted octanol–water partition coefficient (Wildman–Crippen LogP) is 1.16. The molecular formula is C10H14O3. The lowest BCUT2D eigenvalue weighted by atomic mass is 9.80. The van der Waals surface area contributed by atoms with Crippen molar-refractivity contribution in [3.05, 3.63) is 0 Å². The topological polar surface area (TPSA) is 43.4 Å². The number of rotatable bonds is 1. The Labute approximate surface area is 77.4 Å². The van der Waals surface area contributed by atoms with Crippen molar-refractivity contribution < 1.29 is 14.3 Å². The highest BCUT2D eigenvalue weighted by molar-refractivity contribution is 5.88. The normalized spacial score (nSPS) is 37.6. The van der Waals surface area contributed by atoms with Gasteiger partial charge in [0.2, 0.25) is 0 Å². The lowest BCUT2D eigenvalue weighted by Gasteiger charge is -2.24. The number of ether oxygens (including phenoxy) is 1. The summed E-state index contributed by atoms with van der Waals surface area (Å²) in [5.41, 5.74) is 0. The zero-order valence-electron chi connectivity index (χ0n) is 7.79. The van der Waals surface area contributed by atoms with E-state index in [2.05, 4.69) is 0 Å². The highest BCUT2D eigenvalue weighted by Crippen LogP contribution is 2.42. The minimum Gasteiger partial charge on any atom is -0.469 e. The third-order valence-corrected chi connectivity index (χ3v) is 3.34. The molecule has 2 bridgehead atoms. The molecular weight excluding hydrogens is 168 g/mol. The van der Waals surface area contributed by atoms with Gasteiger partial charge in [-0.25, -0.2) is 0 Å². The maximum Gasteiger partial charge on any atom is 0.308 e. The summed E-state index contributed by atoms with van der Waals surface area (Å²) in [5.74, 6) is 0.551. The fraction of sp³-hybridized carbons (Fsp3) is 0.800. The number of hydrogen-bond donors (Lipinski definition) is 0. The van der Waals surface area contributed by atoms with Crippen molar-refractivity contribution in [3.63, 3.8) is 0 Å². The van der Waals surface area contributed by atoms with E-state index in [1.165, 1.54) is 7.11 Å². The molecule has 0 aromatic carbocycles. The minimum atomic E-state index is -0.135. The monoisotopic (exact) mass is 182 g/mol. The molecule has 2 atom stereocenters.